The van der Waals surface area contributed by atoms with E-state index >= 15 is 0 Å². The van der Waals surface area contributed by atoms with Crippen LogP contribution in [0.5, 0.6) is 0 Å². The van der Waals surface area contributed by atoms with Gasteiger partial charge in [0.05, 0.1) is 29.3 Å². The zero-order chi connectivity index (χ0) is 23.8. The number of carbonyl (C=O) groups excluding carboxylic acids is 1. The minimum Gasteiger partial charge on any atom is -0.319 e. The van der Waals surface area contributed by atoms with Crippen molar-refractivity contribution in [1.82, 2.24) is 29.5 Å². The molecule has 0 saturated heterocycles. The van der Waals surface area contributed by atoms with Gasteiger partial charge >= 0.3 is 0 Å². The van der Waals surface area contributed by atoms with Crippen molar-refractivity contribution < 1.29 is 4.79 Å². The number of nitrogens with zero attached hydrogens (tertiary/aromatic N) is 5. The third-order valence-electron chi connectivity index (χ3n) is 5.37. The van der Waals surface area contributed by atoms with Gasteiger partial charge in [-0.2, -0.15) is 10.2 Å². The Bertz CT molecular complexity index is 1660. The average Bonchev–Trinajstić information content (AvgIpc) is 3.26. The molecule has 0 unspecified atom stereocenters. The Hall–Kier alpha value is -4.60. The maximum atomic E-state index is 13.4. The maximum absolute atomic E-state index is 13.4. The lowest BCUT2D eigenvalue weighted by Gasteiger charge is -2.14. The van der Waals surface area contributed by atoms with E-state index in [4.69, 9.17) is 0 Å². The fraction of sp³-hybridized carbons (Fsp3) is 0.167. The Morgan fingerprint density at radius 3 is 2.56 bits per heavy atom. The van der Waals surface area contributed by atoms with E-state index in [1.807, 2.05) is 13.8 Å². The molecule has 170 valence electrons. The summed E-state index contributed by atoms with van der Waals surface area (Å²) in [6, 6.07) is 14.0. The number of amides is 1. The SMILES string of the molecule is CC(C)Cn1nc(C(=O)Nc2ccccc2-n2ncc3c(=O)[nH]cnc32)c2ccccc2c1=O. The molecular formula is C24H21N7O3. The third-order valence-corrected chi connectivity index (χ3v) is 5.37. The van der Waals surface area contributed by atoms with Crippen molar-refractivity contribution >= 4 is 33.4 Å². The molecule has 10 heteroatoms. The van der Waals surface area contributed by atoms with Gasteiger partial charge in [0.2, 0.25) is 0 Å². The molecule has 3 heterocycles. The number of aromatic amines is 1. The fourth-order valence-electron chi connectivity index (χ4n) is 3.85. The van der Waals surface area contributed by atoms with Crippen molar-refractivity contribution in [2.45, 2.75) is 20.4 Å². The third kappa shape index (κ3) is 3.64. The van der Waals surface area contributed by atoms with Gasteiger partial charge in [0, 0.05) is 11.9 Å². The number of nitrogens with one attached hydrogen (secondary N) is 2. The van der Waals surface area contributed by atoms with Gasteiger partial charge in [-0.05, 0) is 24.1 Å². The van der Waals surface area contributed by atoms with E-state index in [0.717, 1.165) is 0 Å². The molecule has 34 heavy (non-hydrogen) atoms. The smallest absolute Gasteiger partial charge is 0.276 e. The second-order valence-electron chi connectivity index (χ2n) is 8.27. The number of rotatable bonds is 5. The summed E-state index contributed by atoms with van der Waals surface area (Å²) in [6.07, 6.45) is 2.73. The molecule has 0 fully saturated rings. The van der Waals surface area contributed by atoms with Crippen molar-refractivity contribution in [1.29, 1.82) is 0 Å². The Morgan fingerprint density at radius 1 is 1.03 bits per heavy atom. The molecule has 0 bridgehead atoms. The standard InChI is InChI=1S/C24H21N7O3/c1-14(2)12-30-24(34)16-8-4-3-7-15(16)20(29-30)23(33)28-18-9-5-6-10-19(18)31-21-17(11-27-31)22(32)26-13-25-21/h3-11,13-14H,12H2,1-2H3,(H,28,33)(H,25,26,32). The van der Waals surface area contributed by atoms with Crippen molar-refractivity contribution in [3.63, 3.8) is 0 Å². The van der Waals surface area contributed by atoms with Crippen LogP contribution in [0.3, 0.4) is 0 Å². The minimum absolute atomic E-state index is 0.144. The van der Waals surface area contributed by atoms with Crippen LogP contribution in [-0.4, -0.2) is 35.4 Å². The number of hydrogen-bond donors (Lipinski definition) is 2. The minimum atomic E-state index is -0.469. The lowest BCUT2D eigenvalue weighted by Crippen LogP contribution is -2.29. The highest BCUT2D eigenvalue weighted by molar-refractivity contribution is 6.11. The number of anilines is 1. The van der Waals surface area contributed by atoms with Gasteiger partial charge in [-0.15, -0.1) is 0 Å². The topological polar surface area (TPSA) is 128 Å². The summed E-state index contributed by atoms with van der Waals surface area (Å²) >= 11 is 0. The number of carbonyl (C=O) groups is 1. The molecule has 1 amide bonds. The lowest BCUT2D eigenvalue weighted by atomic mass is 10.1. The molecule has 10 nitrogen and oxygen atoms in total. The quantitative estimate of drug-likeness (QED) is 0.419. The second-order valence-corrected chi connectivity index (χ2v) is 8.27. The van der Waals surface area contributed by atoms with Crippen LogP contribution in [0.4, 0.5) is 5.69 Å². The Kier molecular flexibility index (Phi) is 5.25. The molecule has 0 aliphatic rings. The van der Waals surface area contributed by atoms with Gasteiger partial charge in [-0.1, -0.05) is 44.2 Å². The molecule has 2 N–H and O–H groups in total. The van der Waals surface area contributed by atoms with Gasteiger partial charge in [0.1, 0.15) is 5.39 Å². The molecule has 0 spiro atoms. The molecule has 0 aliphatic heterocycles. The second kappa shape index (κ2) is 8.39. The van der Waals surface area contributed by atoms with E-state index in [1.165, 1.54) is 21.9 Å². The van der Waals surface area contributed by atoms with Gasteiger partial charge in [-0.25, -0.2) is 14.3 Å². The first-order chi connectivity index (χ1) is 16.4. The first-order valence-electron chi connectivity index (χ1n) is 10.8. The zero-order valence-corrected chi connectivity index (χ0v) is 18.5. The molecule has 0 radical (unpaired) electrons. The van der Waals surface area contributed by atoms with Gasteiger partial charge < -0.3 is 10.3 Å². The van der Waals surface area contributed by atoms with Crippen LogP contribution in [-0.2, 0) is 6.54 Å². The van der Waals surface area contributed by atoms with Crippen LogP contribution in [0, 0.1) is 5.92 Å². The Balaban J connectivity index is 1.60. The number of benzene rings is 2. The molecular weight excluding hydrogens is 434 g/mol. The highest BCUT2D eigenvalue weighted by Gasteiger charge is 2.19. The van der Waals surface area contributed by atoms with Crippen molar-refractivity contribution in [2.75, 3.05) is 5.32 Å². The number of H-pyrrole nitrogens is 1. The van der Waals surface area contributed by atoms with Crippen molar-refractivity contribution in [3.05, 3.63) is 87.5 Å². The van der Waals surface area contributed by atoms with Gasteiger partial charge in [0.15, 0.2) is 11.3 Å². The van der Waals surface area contributed by atoms with E-state index in [9.17, 15) is 14.4 Å². The predicted octanol–water partition coefficient (Wildman–Crippen LogP) is 2.73. The van der Waals surface area contributed by atoms with Crippen molar-refractivity contribution in [3.8, 4) is 5.69 Å². The molecule has 5 aromatic rings. The summed E-state index contributed by atoms with van der Waals surface area (Å²) in [6.45, 7) is 4.35. The van der Waals surface area contributed by atoms with Crippen LogP contribution in [0.2, 0.25) is 0 Å². The largest absolute Gasteiger partial charge is 0.319 e. The molecule has 5 rings (SSSR count). The first kappa shape index (κ1) is 21.3. The van der Waals surface area contributed by atoms with Crippen LogP contribution in [0.1, 0.15) is 24.3 Å². The molecule has 0 atom stereocenters. The highest BCUT2D eigenvalue weighted by Crippen LogP contribution is 2.23. The van der Waals surface area contributed by atoms with Crippen molar-refractivity contribution in [2.24, 2.45) is 5.92 Å². The number of para-hydroxylation sites is 2. The number of aromatic nitrogens is 6. The highest BCUT2D eigenvalue weighted by atomic mass is 16.2. The summed E-state index contributed by atoms with van der Waals surface area (Å²) in [5, 5.41) is 12.8. The van der Waals surface area contributed by atoms with Crippen LogP contribution in [0.15, 0.2) is 70.6 Å². The summed E-state index contributed by atoms with van der Waals surface area (Å²) in [5.41, 5.74) is 0.947. The summed E-state index contributed by atoms with van der Waals surface area (Å²) in [7, 11) is 0. The van der Waals surface area contributed by atoms with E-state index in [0.29, 0.717) is 39.7 Å². The molecule has 2 aromatic carbocycles. The van der Waals surface area contributed by atoms with E-state index in [-0.39, 0.29) is 22.7 Å². The number of fused-ring (bicyclic) bond motifs is 2. The maximum Gasteiger partial charge on any atom is 0.276 e. The van der Waals surface area contributed by atoms with Crippen LogP contribution >= 0.6 is 0 Å². The lowest BCUT2D eigenvalue weighted by molar-refractivity contribution is 0.102. The number of hydrogen-bond acceptors (Lipinski definition) is 6. The molecule has 3 aromatic heterocycles. The summed E-state index contributed by atoms with van der Waals surface area (Å²) in [4.78, 5) is 45.1. The zero-order valence-electron chi connectivity index (χ0n) is 18.5. The fourth-order valence-corrected chi connectivity index (χ4v) is 3.85. The Morgan fingerprint density at radius 2 is 1.76 bits per heavy atom. The molecule has 0 saturated carbocycles. The average molecular weight is 455 g/mol. The van der Waals surface area contributed by atoms with E-state index in [2.05, 4.69) is 25.5 Å². The van der Waals surface area contributed by atoms with Gasteiger partial charge in [0.25, 0.3) is 17.0 Å². The normalized spacial score (nSPS) is 11.4. The summed E-state index contributed by atoms with van der Waals surface area (Å²) < 4.78 is 2.83. The predicted molar refractivity (Wildman–Crippen MR) is 128 cm³/mol. The van der Waals surface area contributed by atoms with Gasteiger partial charge in [-0.3, -0.25) is 14.4 Å². The van der Waals surface area contributed by atoms with Crippen LogP contribution < -0.4 is 16.4 Å². The monoisotopic (exact) mass is 455 g/mol. The Labute approximate surface area is 192 Å². The van der Waals surface area contributed by atoms with E-state index in [1.54, 1.807) is 48.5 Å². The van der Waals surface area contributed by atoms with Crippen LogP contribution in [0.25, 0.3) is 27.5 Å². The first-order valence-corrected chi connectivity index (χ1v) is 10.8. The molecule has 0 aliphatic carbocycles. The van der Waals surface area contributed by atoms with E-state index < -0.39 is 5.91 Å². The summed E-state index contributed by atoms with van der Waals surface area (Å²) in [5.74, 6) is -0.296.